The van der Waals surface area contributed by atoms with Gasteiger partial charge in [0.2, 0.25) is 0 Å². The number of rotatable bonds is 4. The molecule has 0 unspecified atom stereocenters. The Kier molecular flexibility index (Phi) is 5.49. The van der Waals surface area contributed by atoms with E-state index in [9.17, 15) is 0 Å². The molecule has 0 fully saturated rings. The summed E-state index contributed by atoms with van der Waals surface area (Å²) in [6.07, 6.45) is 7.01. The topological polar surface area (TPSA) is 30.7 Å². The highest BCUT2D eigenvalue weighted by Crippen LogP contribution is 2.21. The van der Waals surface area contributed by atoms with Crippen molar-refractivity contribution in [1.29, 1.82) is 0 Å². The van der Waals surface area contributed by atoms with Crippen LogP contribution in [0.3, 0.4) is 0 Å². The van der Waals surface area contributed by atoms with Crippen molar-refractivity contribution < 1.29 is 0 Å². The largest absolute Gasteiger partial charge is 0.277 e. The smallest absolute Gasteiger partial charge is 0.139 e. The Labute approximate surface area is 159 Å². The average Bonchev–Trinajstić information content (AvgIpc) is 3.06. The molecule has 0 atom stereocenters. The molecule has 0 amide bonds. The molecule has 0 saturated carbocycles. The van der Waals surface area contributed by atoms with Crippen LogP contribution in [0.1, 0.15) is 23.9 Å². The lowest BCUT2D eigenvalue weighted by molar-refractivity contribution is 1.01. The number of hydrogen-bond donors (Lipinski definition) is 0. The van der Waals surface area contributed by atoms with E-state index < -0.39 is 0 Å². The molecule has 0 radical (unpaired) electrons. The highest BCUT2D eigenvalue weighted by molar-refractivity contribution is 5.85. The first kappa shape index (κ1) is 17.9. The second kappa shape index (κ2) is 7.98. The quantitative estimate of drug-likeness (QED) is 0.475. The number of aromatic nitrogens is 3. The number of para-hydroxylation sites is 2. The molecule has 0 aliphatic carbocycles. The molecule has 0 N–H and O–H groups in total. The molecule has 4 aromatic rings. The van der Waals surface area contributed by atoms with Gasteiger partial charge in [-0.25, -0.2) is 9.97 Å². The Balaban J connectivity index is 0.00000196. The van der Waals surface area contributed by atoms with Crippen molar-refractivity contribution in [1.82, 2.24) is 14.5 Å². The second-order valence-corrected chi connectivity index (χ2v) is 5.91. The van der Waals surface area contributed by atoms with Crippen LogP contribution in [0, 0.1) is 0 Å². The van der Waals surface area contributed by atoms with Crippen LogP contribution in [0.4, 0.5) is 0 Å². The maximum Gasteiger partial charge on any atom is 0.139 e. The number of nitrogens with zero attached hydrogens (tertiary/aromatic N) is 3. The predicted octanol–water partition coefficient (Wildman–Crippen LogP) is 5.58. The zero-order valence-corrected chi connectivity index (χ0v) is 15.4. The zero-order valence-electron chi connectivity index (χ0n) is 14.5. The van der Waals surface area contributed by atoms with E-state index in [1.807, 2.05) is 36.4 Å². The monoisotopic (exact) mass is 361 g/mol. The Morgan fingerprint density at radius 1 is 0.885 bits per heavy atom. The molecule has 0 saturated heterocycles. The normalized spacial score (nSPS) is 11.0. The van der Waals surface area contributed by atoms with Crippen LogP contribution in [-0.4, -0.2) is 14.5 Å². The number of benzene rings is 2. The molecule has 4 rings (SSSR count). The summed E-state index contributed by atoms with van der Waals surface area (Å²) >= 11 is 0. The molecule has 0 aliphatic heterocycles. The van der Waals surface area contributed by atoms with Gasteiger partial charge in [-0.05, 0) is 47.9 Å². The Hall–Kier alpha value is -2.91. The summed E-state index contributed by atoms with van der Waals surface area (Å²) in [4.78, 5) is 9.27. The van der Waals surface area contributed by atoms with Crippen molar-refractivity contribution in [2.75, 3.05) is 0 Å². The fourth-order valence-electron chi connectivity index (χ4n) is 2.92. The Morgan fingerprint density at radius 3 is 2.38 bits per heavy atom. The van der Waals surface area contributed by atoms with E-state index in [0.29, 0.717) is 0 Å². The second-order valence-electron chi connectivity index (χ2n) is 5.91. The molecule has 0 spiro atoms. The molecule has 3 nitrogen and oxygen atoms in total. The predicted molar refractivity (Wildman–Crippen MR) is 111 cm³/mol. The first-order valence-electron chi connectivity index (χ1n) is 8.51. The number of aryl methyl sites for hydroxylation is 1. The van der Waals surface area contributed by atoms with E-state index in [1.54, 1.807) is 6.20 Å². The van der Waals surface area contributed by atoms with Crippen molar-refractivity contribution in [3.63, 3.8) is 0 Å². The lowest BCUT2D eigenvalue weighted by Crippen LogP contribution is -1.99. The van der Waals surface area contributed by atoms with Crippen molar-refractivity contribution in [3.05, 3.63) is 89.9 Å². The Bertz CT molecular complexity index is 1020. The van der Waals surface area contributed by atoms with Crippen LogP contribution >= 0.6 is 12.4 Å². The third-order valence-corrected chi connectivity index (χ3v) is 4.28. The molecular weight excluding hydrogens is 342 g/mol. The van der Waals surface area contributed by atoms with Crippen molar-refractivity contribution in [2.24, 2.45) is 0 Å². The van der Waals surface area contributed by atoms with Gasteiger partial charge in [0.15, 0.2) is 0 Å². The van der Waals surface area contributed by atoms with Gasteiger partial charge in [-0.2, -0.15) is 0 Å². The molecule has 0 aliphatic rings. The summed E-state index contributed by atoms with van der Waals surface area (Å²) in [5, 5.41) is 0. The first-order chi connectivity index (χ1) is 12.3. The van der Waals surface area contributed by atoms with Gasteiger partial charge in [0, 0.05) is 6.20 Å². The summed E-state index contributed by atoms with van der Waals surface area (Å²) in [5.41, 5.74) is 4.53. The van der Waals surface area contributed by atoms with E-state index in [2.05, 4.69) is 59.0 Å². The molecule has 4 heteroatoms. The molecule has 130 valence electrons. The van der Waals surface area contributed by atoms with Gasteiger partial charge in [-0.1, -0.05) is 55.5 Å². The maximum absolute atomic E-state index is 4.77. The first-order valence-corrected chi connectivity index (χ1v) is 8.51. The average molecular weight is 362 g/mol. The van der Waals surface area contributed by atoms with E-state index in [-0.39, 0.29) is 12.4 Å². The molecular formula is C22H20ClN3. The van der Waals surface area contributed by atoms with Crippen LogP contribution in [0.25, 0.3) is 29.0 Å². The van der Waals surface area contributed by atoms with Crippen molar-refractivity contribution >= 4 is 35.6 Å². The Morgan fingerprint density at radius 2 is 1.65 bits per heavy atom. The summed E-state index contributed by atoms with van der Waals surface area (Å²) in [6.45, 7) is 2.17. The minimum absolute atomic E-state index is 0. The molecule has 2 aromatic carbocycles. The van der Waals surface area contributed by atoms with Crippen LogP contribution in [0.2, 0.25) is 0 Å². The molecule has 26 heavy (non-hydrogen) atoms. The molecule has 0 bridgehead atoms. The number of imidazole rings is 1. The third kappa shape index (κ3) is 3.53. The van der Waals surface area contributed by atoms with Crippen LogP contribution in [-0.2, 0) is 6.42 Å². The van der Waals surface area contributed by atoms with Crippen LogP contribution in [0.5, 0.6) is 0 Å². The highest BCUT2D eigenvalue weighted by Gasteiger charge is 2.10. The maximum atomic E-state index is 4.77. The number of hydrogen-bond acceptors (Lipinski definition) is 2. The summed E-state index contributed by atoms with van der Waals surface area (Å²) < 4.78 is 2.09. The van der Waals surface area contributed by atoms with E-state index in [1.165, 1.54) is 5.56 Å². The summed E-state index contributed by atoms with van der Waals surface area (Å²) in [7, 11) is 0. The minimum Gasteiger partial charge on any atom is -0.277 e. The number of fused-ring (bicyclic) bond motifs is 1. The fourth-order valence-corrected chi connectivity index (χ4v) is 2.92. The standard InChI is InChI=1S/C22H19N3.ClH/c1-2-17-10-12-18(13-11-17)14-15-22-24-19-7-3-4-8-20(19)25(22)21-9-5-6-16-23-21;/h3-16H,2H2,1H3;1H. The SMILES string of the molecule is CCc1ccc(C=Cc2nc3ccccc3n2-c2ccccn2)cc1.Cl. The van der Waals surface area contributed by atoms with Gasteiger partial charge in [0.1, 0.15) is 11.6 Å². The van der Waals surface area contributed by atoms with Gasteiger partial charge in [0.25, 0.3) is 0 Å². The van der Waals surface area contributed by atoms with E-state index in [0.717, 1.165) is 34.7 Å². The molecule has 2 aromatic heterocycles. The van der Waals surface area contributed by atoms with Gasteiger partial charge in [0.05, 0.1) is 11.0 Å². The van der Waals surface area contributed by atoms with Gasteiger partial charge in [-0.15, -0.1) is 12.4 Å². The van der Waals surface area contributed by atoms with E-state index >= 15 is 0 Å². The summed E-state index contributed by atoms with van der Waals surface area (Å²) in [6, 6.07) is 22.7. The van der Waals surface area contributed by atoms with Gasteiger partial charge in [-0.3, -0.25) is 4.57 Å². The molecule has 2 heterocycles. The fraction of sp³-hybridized carbons (Fsp3) is 0.0909. The lowest BCUT2D eigenvalue weighted by atomic mass is 10.1. The zero-order chi connectivity index (χ0) is 17.1. The minimum atomic E-state index is 0. The van der Waals surface area contributed by atoms with Crippen molar-refractivity contribution in [3.8, 4) is 5.82 Å². The third-order valence-electron chi connectivity index (χ3n) is 4.28. The van der Waals surface area contributed by atoms with Gasteiger partial charge >= 0.3 is 0 Å². The number of pyridine rings is 1. The van der Waals surface area contributed by atoms with Crippen molar-refractivity contribution in [2.45, 2.75) is 13.3 Å². The van der Waals surface area contributed by atoms with E-state index in [4.69, 9.17) is 4.98 Å². The number of halogens is 1. The lowest BCUT2D eigenvalue weighted by Gasteiger charge is -2.05. The van der Waals surface area contributed by atoms with Crippen LogP contribution in [0.15, 0.2) is 72.9 Å². The van der Waals surface area contributed by atoms with Gasteiger partial charge < -0.3 is 0 Å². The summed E-state index contributed by atoms with van der Waals surface area (Å²) in [5.74, 6) is 1.75. The van der Waals surface area contributed by atoms with Crippen LogP contribution < -0.4 is 0 Å². The highest BCUT2D eigenvalue weighted by atomic mass is 35.5.